The highest BCUT2D eigenvalue weighted by Crippen LogP contribution is 2.30. The molecule has 7 heteroatoms. The number of piperidine rings is 1. The quantitative estimate of drug-likeness (QED) is 0.704. The normalized spacial score (nSPS) is 24.0. The van der Waals surface area contributed by atoms with Crippen molar-refractivity contribution in [2.45, 2.75) is 57.0 Å². The third-order valence-corrected chi connectivity index (χ3v) is 5.83. The number of rotatable bonds is 4. The SMILES string of the molecule is OC(OC1CCCC1)N1CCC[C@@H](c2ncc3cnc4[nH]ccc4n23)C1. The fourth-order valence-corrected chi connectivity index (χ4v) is 4.49. The minimum atomic E-state index is -0.805. The summed E-state index contributed by atoms with van der Waals surface area (Å²) in [5, 5.41) is 10.6. The zero-order valence-electron chi connectivity index (χ0n) is 14.8. The number of likely N-dealkylation sites (tertiary alicyclic amines) is 1. The molecule has 5 rings (SSSR count). The van der Waals surface area contributed by atoms with E-state index in [0.717, 1.165) is 61.3 Å². The summed E-state index contributed by atoms with van der Waals surface area (Å²) in [5.41, 5.74) is 2.93. The molecule has 1 aliphatic carbocycles. The van der Waals surface area contributed by atoms with Gasteiger partial charge in [0.15, 0.2) is 5.65 Å². The number of hydrogen-bond acceptors (Lipinski definition) is 5. The molecule has 2 atom stereocenters. The molecule has 7 nitrogen and oxygen atoms in total. The van der Waals surface area contributed by atoms with Gasteiger partial charge in [-0.2, -0.15) is 0 Å². The number of aromatic amines is 1. The summed E-state index contributed by atoms with van der Waals surface area (Å²) < 4.78 is 8.09. The number of aromatic nitrogens is 4. The molecule has 2 aliphatic rings. The van der Waals surface area contributed by atoms with Crippen LogP contribution in [0.4, 0.5) is 0 Å². The average molecular weight is 355 g/mol. The minimum absolute atomic E-state index is 0.211. The van der Waals surface area contributed by atoms with E-state index < -0.39 is 6.41 Å². The number of aliphatic hydroxyl groups is 1. The van der Waals surface area contributed by atoms with Gasteiger partial charge in [-0.15, -0.1) is 0 Å². The standard InChI is InChI=1S/C19H25N5O2/c25-19(26-15-5-1-2-6-15)23-9-3-4-13(12-23)18-22-11-14-10-21-17-16(24(14)18)7-8-20-17/h7-8,10-11,13,15,19-20,25H,1-6,9,12H2/t13-,19?/m1/s1. The Bertz CT molecular complexity index is 898. The molecule has 0 amide bonds. The molecule has 26 heavy (non-hydrogen) atoms. The molecule has 0 spiro atoms. The highest BCUT2D eigenvalue weighted by Gasteiger charge is 2.30. The Morgan fingerprint density at radius 2 is 2.00 bits per heavy atom. The van der Waals surface area contributed by atoms with Gasteiger partial charge in [0.05, 0.1) is 29.5 Å². The molecule has 0 bridgehead atoms. The van der Waals surface area contributed by atoms with Gasteiger partial charge in [0.25, 0.3) is 0 Å². The van der Waals surface area contributed by atoms with Crippen molar-refractivity contribution in [3.63, 3.8) is 0 Å². The van der Waals surface area contributed by atoms with Crippen LogP contribution in [0.1, 0.15) is 50.3 Å². The van der Waals surface area contributed by atoms with Crippen LogP contribution in [0, 0.1) is 0 Å². The Kier molecular flexibility index (Phi) is 4.15. The predicted octanol–water partition coefficient (Wildman–Crippen LogP) is 2.63. The van der Waals surface area contributed by atoms with E-state index >= 15 is 0 Å². The summed E-state index contributed by atoms with van der Waals surface area (Å²) >= 11 is 0. The highest BCUT2D eigenvalue weighted by molar-refractivity contribution is 5.75. The number of H-pyrrole nitrogens is 1. The summed E-state index contributed by atoms with van der Waals surface area (Å²) in [6, 6.07) is 2.04. The molecule has 138 valence electrons. The Morgan fingerprint density at radius 3 is 2.88 bits per heavy atom. The van der Waals surface area contributed by atoms with Crippen LogP contribution >= 0.6 is 0 Å². The van der Waals surface area contributed by atoms with Gasteiger partial charge in [0.1, 0.15) is 5.82 Å². The summed E-state index contributed by atoms with van der Waals surface area (Å²) in [4.78, 5) is 14.4. The molecule has 1 saturated carbocycles. The fourth-order valence-electron chi connectivity index (χ4n) is 4.49. The van der Waals surface area contributed by atoms with Gasteiger partial charge < -0.3 is 14.8 Å². The van der Waals surface area contributed by atoms with Crippen LogP contribution < -0.4 is 0 Å². The van der Waals surface area contributed by atoms with Crippen molar-refractivity contribution in [1.29, 1.82) is 0 Å². The van der Waals surface area contributed by atoms with Crippen LogP contribution in [0.3, 0.4) is 0 Å². The van der Waals surface area contributed by atoms with Crippen molar-refractivity contribution in [2.75, 3.05) is 13.1 Å². The molecule has 3 aromatic rings. The monoisotopic (exact) mass is 355 g/mol. The molecule has 0 radical (unpaired) electrons. The maximum absolute atomic E-state index is 10.6. The van der Waals surface area contributed by atoms with E-state index in [1.807, 2.05) is 24.7 Å². The van der Waals surface area contributed by atoms with E-state index in [1.54, 1.807) is 0 Å². The third-order valence-electron chi connectivity index (χ3n) is 5.83. The first-order valence-electron chi connectivity index (χ1n) is 9.66. The van der Waals surface area contributed by atoms with Crippen molar-refractivity contribution in [1.82, 2.24) is 24.3 Å². The second-order valence-electron chi connectivity index (χ2n) is 7.55. The van der Waals surface area contributed by atoms with Crippen molar-refractivity contribution >= 4 is 16.7 Å². The van der Waals surface area contributed by atoms with Crippen LogP contribution in [0.15, 0.2) is 24.7 Å². The molecule has 1 aliphatic heterocycles. The van der Waals surface area contributed by atoms with Crippen LogP contribution in [-0.4, -0.2) is 55.0 Å². The summed E-state index contributed by atoms with van der Waals surface area (Å²) in [5.74, 6) is 1.32. The number of hydrogen-bond donors (Lipinski definition) is 2. The lowest BCUT2D eigenvalue weighted by Gasteiger charge is -2.36. The lowest BCUT2D eigenvalue weighted by atomic mass is 9.97. The van der Waals surface area contributed by atoms with Crippen LogP contribution in [-0.2, 0) is 4.74 Å². The average Bonchev–Trinajstić information content (AvgIpc) is 3.41. The molecular formula is C19H25N5O2. The lowest BCUT2D eigenvalue weighted by molar-refractivity contribution is -0.221. The van der Waals surface area contributed by atoms with Gasteiger partial charge in [-0.25, -0.2) is 9.97 Å². The smallest absolute Gasteiger partial charge is 0.216 e. The molecule has 3 aromatic heterocycles. The van der Waals surface area contributed by atoms with Gasteiger partial charge in [-0.1, -0.05) is 12.8 Å². The first-order valence-corrected chi connectivity index (χ1v) is 9.66. The van der Waals surface area contributed by atoms with Crippen molar-refractivity contribution < 1.29 is 9.84 Å². The van der Waals surface area contributed by atoms with Gasteiger partial charge in [0, 0.05) is 25.2 Å². The Morgan fingerprint density at radius 1 is 1.15 bits per heavy atom. The first-order chi connectivity index (χ1) is 12.8. The van der Waals surface area contributed by atoms with Crippen molar-refractivity contribution in [3.05, 3.63) is 30.5 Å². The number of imidazole rings is 1. The van der Waals surface area contributed by atoms with Gasteiger partial charge in [0.2, 0.25) is 6.41 Å². The van der Waals surface area contributed by atoms with E-state index in [2.05, 4.69) is 19.3 Å². The molecule has 4 heterocycles. The predicted molar refractivity (Wildman–Crippen MR) is 97.7 cm³/mol. The lowest BCUT2D eigenvalue weighted by Crippen LogP contribution is -2.44. The van der Waals surface area contributed by atoms with Gasteiger partial charge in [-0.3, -0.25) is 9.30 Å². The molecule has 2 fully saturated rings. The second kappa shape index (κ2) is 6.64. The minimum Gasteiger partial charge on any atom is -0.356 e. The van der Waals surface area contributed by atoms with E-state index in [4.69, 9.17) is 9.72 Å². The van der Waals surface area contributed by atoms with E-state index in [0.29, 0.717) is 0 Å². The first kappa shape index (κ1) is 16.2. The van der Waals surface area contributed by atoms with E-state index in [-0.39, 0.29) is 12.0 Å². The fraction of sp³-hybridized carbons (Fsp3) is 0.579. The highest BCUT2D eigenvalue weighted by atomic mass is 16.6. The number of nitrogens with zero attached hydrogens (tertiary/aromatic N) is 4. The maximum Gasteiger partial charge on any atom is 0.216 e. The number of fused-ring (bicyclic) bond motifs is 3. The molecule has 1 saturated heterocycles. The van der Waals surface area contributed by atoms with Crippen molar-refractivity contribution in [3.8, 4) is 0 Å². The van der Waals surface area contributed by atoms with Crippen molar-refractivity contribution in [2.24, 2.45) is 0 Å². The molecule has 2 N–H and O–H groups in total. The largest absolute Gasteiger partial charge is 0.356 e. The zero-order valence-corrected chi connectivity index (χ0v) is 14.8. The third kappa shape index (κ3) is 2.80. The molecule has 1 unspecified atom stereocenters. The second-order valence-corrected chi connectivity index (χ2v) is 7.55. The molecular weight excluding hydrogens is 330 g/mol. The Balaban J connectivity index is 1.39. The number of nitrogens with one attached hydrogen (secondary N) is 1. The summed E-state index contributed by atoms with van der Waals surface area (Å²) in [7, 11) is 0. The number of aliphatic hydroxyl groups excluding tert-OH is 1. The van der Waals surface area contributed by atoms with Gasteiger partial charge in [-0.05, 0) is 31.7 Å². The van der Waals surface area contributed by atoms with E-state index in [1.165, 1.54) is 12.8 Å². The summed E-state index contributed by atoms with van der Waals surface area (Å²) in [6.45, 7) is 1.63. The topological polar surface area (TPSA) is 78.7 Å². The van der Waals surface area contributed by atoms with Crippen LogP contribution in [0.2, 0.25) is 0 Å². The number of ether oxygens (including phenoxy) is 1. The Hall–Kier alpha value is -1.96. The molecule has 0 aromatic carbocycles. The van der Waals surface area contributed by atoms with E-state index in [9.17, 15) is 5.11 Å². The van der Waals surface area contributed by atoms with Crippen LogP contribution in [0.25, 0.3) is 16.7 Å². The Labute approximate surface area is 152 Å². The van der Waals surface area contributed by atoms with Gasteiger partial charge >= 0.3 is 0 Å². The maximum atomic E-state index is 10.6. The summed E-state index contributed by atoms with van der Waals surface area (Å²) in [6.07, 6.45) is 11.7. The zero-order chi connectivity index (χ0) is 17.5. The van der Waals surface area contributed by atoms with Crippen LogP contribution in [0.5, 0.6) is 0 Å².